The molecule has 1 unspecified atom stereocenters. The maximum atomic E-state index is 3.84. The van der Waals surface area contributed by atoms with Gasteiger partial charge in [0.05, 0.1) is 11.4 Å². The molecule has 0 aromatic heterocycles. The first kappa shape index (κ1) is 14.7. The van der Waals surface area contributed by atoms with Crippen LogP contribution in [-0.4, -0.2) is 19.1 Å². The number of benzene rings is 1. The molecule has 1 atom stereocenters. The van der Waals surface area contributed by atoms with Crippen LogP contribution in [0.2, 0.25) is 0 Å². The molecule has 1 aliphatic heterocycles. The number of anilines is 2. The Morgan fingerprint density at radius 2 is 1.62 bits per heavy atom. The van der Waals surface area contributed by atoms with E-state index < -0.39 is 0 Å². The van der Waals surface area contributed by atoms with E-state index in [1.165, 1.54) is 75.8 Å². The lowest BCUT2D eigenvalue weighted by Gasteiger charge is -2.33. The highest BCUT2D eigenvalue weighted by Gasteiger charge is 2.21. The zero-order chi connectivity index (χ0) is 14.5. The highest BCUT2D eigenvalue weighted by Crippen LogP contribution is 2.32. The largest absolute Gasteiger partial charge is 0.381 e. The second kappa shape index (κ2) is 7.20. The van der Waals surface area contributed by atoms with Crippen LogP contribution < -0.4 is 10.2 Å². The smallest absolute Gasteiger partial charge is 0.0602 e. The van der Waals surface area contributed by atoms with E-state index in [0.29, 0.717) is 6.04 Å². The van der Waals surface area contributed by atoms with Gasteiger partial charge in [-0.15, -0.1) is 0 Å². The number of rotatable bonds is 4. The molecule has 0 bridgehead atoms. The van der Waals surface area contributed by atoms with Gasteiger partial charge in [0.1, 0.15) is 0 Å². The first-order valence-corrected chi connectivity index (χ1v) is 8.95. The van der Waals surface area contributed by atoms with Crippen LogP contribution in [0.4, 0.5) is 11.4 Å². The average Bonchev–Trinajstić information content (AvgIpc) is 2.57. The van der Waals surface area contributed by atoms with Gasteiger partial charge >= 0.3 is 0 Å². The third-order valence-corrected chi connectivity index (χ3v) is 5.34. The standard InChI is InChI=1S/C19H30N2/c1-16(17-10-4-2-5-11-17)20-18-12-6-7-13-19(18)21-14-8-3-9-15-21/h6-7,12-13,16-17,20H,2-5,8-11,14-15H2,1H3. The molecule has 0 amide bonds. The lowest BCUT2D eigenvalue weighted by Crippen LogP contribution is -2.32. The van der Waals surface area contributed by atoms with Gasteiger partial charge < -0.3 is 10.2 Å². The molecule has 1 aromatic carbocycles. The summed E-state index contributed by atoms with van der Waals surface area (Å²) >= 11 is 0. The van der Waals surface area contributed by atoms with E-state index in [4.69, 9.17) is 0 Å². The number of hydrogen-bond acceptors (Lipinski definition) is 2. The van der Waals surface area contributed by atoms with Crippen molar-refractivity contribution in [2.75, 3.05) is 23.3 Å². The van der Waals surface area contributed by atoms with Gasteiger partial charge in [0.25, 0.3) is 0 Å². The number of piperidine rings is 1. The number of hydrogen-bond donors (Lipinski definition) is 1. The summed E-state index contributed by atoms with van der Waals surface area (Å²) in [7, 11) is 0. The van der Waals surface area contributed by atoms with E-state index in [9.17, 15) is 0 Å². The van der Waals surface area contributed by atoms with Crippen LogP contribution in [0, 0.1) is 5.92 Å². The highest BCUT2D eigenvalue weighted by molar-refractivity contribution is 5.70. The van der Waals surface area contributed by atoms with Crippen molar-refractivity contribution in [3.8, 4) is 0 Å². The molecule has 21 heavy (non-hydrogen) atoms. The predicted octanol–water partition coefficient (Wildman–Crippen LogP) is 5.06. The Kier molecular flexibility index (Phi) is 5.05. The molecule has 2 aliphatic rings. The molecule has 1 N–H and O–H groups in total. The van der Waals surface area contributed by atoms with Gasteiger partial charge in [-0.1, -0.05) is 31.4 Å². The molecule has 1 aliphatic carbocycles. The average molecular weight is 286 g/mol. The minimum absolute atomic E-state index is 0.594. The summed E-state index contributed by atoms with van der Waals surface area (Å²) in [4.78, 5) is 2.57. The number of nitrogens with zero attached hydrogens (tertiary/aromatic N) is 1. The SMILES string of the molecule is CC(Nc1ccccc1N1CCCCC1)C1CCCCC1. The highest BCUT2D eigenvalue weighted by atomic mass is 15.2. The summed E-state index contributed by atoms with van der Waals surface area (Å²) in [5.74, 6) is 0.855. The Hall–Kier alpha value is -1.18. The summed E-state index contributed by atoms with van der Waals surface area (Å²) in [6, 6.07) is 9.50. The first-order valence-electron chi connectivity index (χ1n) is 8.95. The molecular weight excluding hydrogens is 256 g/mol. The van der Waals surface area contributed by atoms with Gasteiger partial charge in [-0.3, -0.25) is 0 Å². The maximum Gasteiger partial charge on any atom is 0.0602 e. The fraction of sp³-hybridized carbons (Fsp3) is 0.684. The monoisotopic (exact) mass is 286 g/mol. The van der Waals surface area contributed by atoms with Crippen molar-refractivity contribution in [2.24, 2.45) is 5.92 Å². The molecule has 2 fully saturated rings. The second-order valence-corrected chi connectivity index (χ2v) is 6.90. The van der Waals surface area contributed by atoms with Crippen LogP contribution in [0.25, 0.3) is 0 Å². The summed E-state index contributed by atoms with van der Waals surface area (Å²) in [5.41, 5.74) is 2.76. The van der Waals surface area contributed by atoms with E-state index in [1.807, 2.05) is 0 Å². The third-order valence-electron chi connectivity index (χ3n) is 5.34. The molecular formula is C19H30N2. The van der Waals surface area contributed by atoms with Crippen LogP contribution in [0.3, 0.4) is 0 Å². The van der Waals surface area contributed by atoms with Gasteiger partial charge in [0.2, 0.25) is 0 Å². The van der Waals surface area contributed by atoms with Crippen molar-refractivity contribution in [3.63, 3.8) is 0 Å². The van der Waals surface area contributed by atoms with Gasteiger partial charge in [-0.05, 0) is 57.1 Å². The van der Waals surface area contributed by atoms with Crippen LogP contribution in [-0.2, 0) is 0 Å². The lowest BCUT2D eigenvalue weighted by molar-refractivity contribution is 0.328. The second-order valence-electron chi connectivity index (χ2n) is 6.90. The van der Waals surface area contributed by atoms with Crippen molar-refractivity contribution >= 4 is 11.4 Å². The summed E-state index contributed by atoms with van der Waals surface area (Å²) in [6.45, 7) is 4.82. The van der Waals surface area contributed by atoms with E-state index in [0.717, 1.165) is 5.92 Å². The Morgan fingerprint density at radius 3 is 2.38 bits per heavy atom. The zero-order valence-corrected chi connectivity index (χ0v) is 13.5. The maximum absolute atomic E-state index is 3.84. The lowest BCUT2D eigenvalue weighted by atomic mass is 9.84. The predicted molar refractivity (Wildman–Crippen MR) is 92.2 cm³/mol. The molecule has 1 heterocycles. The van der Waals surface area contributed by atoms with Crippen molar-refractivity contribution in [2.45, 2.75) is 64.3 Å². The van der Waals surface area contributed by atoms with Crippen LogP contribution >= 0.6 is 0 Å². The van der Waals surface area contributed by atoms with Crippen molar-refractivity contribution in [3.05, 3.63) is 24.3 Å². The Bertz CT molecular complexity index is 431. The first-order chi connectivity index (χ1) is 10.3. The molecule has 0 spiro atoms. The van der Waals surface area contributed by atoms with Crippen molar-refractivity contribution in [1.29, 1.82) is 0 Å². The quantitative estimate of drug-likeness (QED) is 0.832. The molecule has 1 saturated heterocycles. The third kappa shape index (κ3) is 3.72. The molecule has 3 rings (SSSR count). The normalized spacial score (nSPS) is 22.0. The fourth-order valence-electron chi connectivity index (χ4n) is 4.00. The Morgan fingerprint density at radius 1 is 0.952 bits per heavy atom. The van der Waals surface area contributed by atoms with Crippen LogP contribution in [0.15, 0.2) is 24.3 Å². The zero-order valence-electron chi connectivity index (χ0n) is 13.5. The Balaban J connectivity index is 1.69. The van der Waals surface area contributed by atoms with E-state index in [-0.39, 0.29) is 0 Å². The molecule has 2 heteroatoms. The molecule has 1 aromatic rings. The summed E-state index contributed by atoms with van der Waals surface area (Å²) in [6.07, 6.45) is 11.2. The van der Waals surface area contributed by atoms with E-state index in [2.05, 4.69) is 41.4 Å². The van der Waals surface area contributed by atoms with Crippen LogP contribution in [0.5, 0.6) is 0 Å². The van der Waals surface area contributed by atoms with Gasteiger partial charge in [0.15, 0.2) is 0 Å². The minimum Gasteiger partial charge on any atom is -0.381 e. The summed E-state index contributed by atoms with van der Waals surface area (Å²) < 4.78 is 0. The van der Waals surface area contributed by atoms with E-state index in [1.54, 1.807) is 0 Å². The topological polar surface area (TPSA) is 15.3 Å². The van der Waals surface area contributed by atoms with E-state index >= 15 is 0 Å². The van der Waals surface area contributed by atoms with Gasteiger partial charge in [-0.25, -0.2) is 0 Å². The Labute approximate surface area is 129 Å². The van der Waals surface area contributed by atoms with Crippen molar-refractivity contribution in [1.82, 2.24) is 0 Å². The van der Waals surface area contributed by atoms with Crippen molar-refractivity contribution < 1.29 is 0 Å². The summed E-state index contributed by atoms with van der Waals surface area (Å²) in [5, 5.41) is 3.84. The van der Waals surface area contributed by atoms with Crippen LogP contribution in [0.1, 0.15) is 58.3 Å². The van der Waals surface area contributed by atoms with Gasteiger partial charge in [-0.2, -0.15) is 0 Å². The molecule has 0 radical (unpaired) electrons. The molecule has 116 valence electrons. The fourth-order valence-corrected chi connectivity index (χ4v) is 4.00. The number of para-hydroxylation sites is 2. The minimum atomic E-state index is 0.594. The molecule has 1 saturated carbocycles. The number of nitrogens with one attached hydrogen (secondary N) is 1. The van der Waals surface area contributed by atoms with Gasteiger partial charge in [0, 0.05) is 19.1 Å². The molecule has 2 nitrogen and oxygen atoms in total.